The molecule has 0 aliphatic heterocycles. The lowest BCUT2D eigenvalue weighted by atomic mass is 10.1. The molecule has 1 aromatic carbocycles. The predicted octanol–water partition coefficient (Wildman–Crippen LogP) is 2.94. The summed E-state index contributed by atoms with van der Waals surface area (Å²) in [5.41, 5.74) is 1.92. The van der Waals surface area contributed by atoms with Gasteiger partial charge in [0.2, 0.25) is 0 Å². The van der Waals surface area contributed by atoms with Crippen molar-refractivity contribution in [1.29, 1.82) is 0 Å². The van der Waals surface area contributed by atoms with E-state index in [1.165, 1.54) is 23.1 Å². The molecule has 90 valence electrons. The molecule has 1 heterocycles. The van der Waals surface area contributed by atoms with Crippen LogP contribution in [0, 0.1) is 11.8 Å². The summed E-state index contributed by atoms with van der Waals surface area (Å²) in [6.07, 6.45) is 3.06. The third-order valence-corrected chi connectivity index (χ3v) is 3.06. The highest BCUT2D eigenvalue weighted by molar-refractivity contribution is 7.10. The van der Waals surface area contributed by atoms with Crippen molar-refractivity contribution in [2.24, 2.45) is 5.16 Å². The van der Waals surface area contributed by atoms with Crippen LogP contribution < -0.4 is 0 Å². The Balaban J connectivity index is 1.88. The fourth-order valence-corrected chi connectivity index (χ4v) is 2.09. The predicted molar refractivity (Wildman–Crippen MR) is 73.1 cm³/mol. The van der Waals surface area contributed by atoms with Crippen LogP contribution in [0.4, 0.5) is 0 Å². The third-order valence-electron chi connectivity index (χ3n) is 2.29. The van der Waals surface area contributed by atoms with Crippen molar-refractivity contribution < 1.29 is 5.21 Å². The number of nitrogens with zero attached hydrogens (tertiary/aromatic N) is 2. The first-order chi connectivity index (χ1) is 8.88. The van der Waals surface area contributed by atoms with Crippen molar-refractivity contribution in [3.05, 3.63) is 52.0 Å². The monoisotopic (exact) mass is 256 g/mol. The highest BCUT2D eigenvalue weighted by atomic mass is 32.1. The first-order valence-corrected chi connectivity index (χ1v) is 6.42. The molecule has 1 aromatic heterocycles. The van der Waals surface area contributed by atoms with Crippen molar-refractivity contribution in [2.45, 2.75) is 12.8 Å². The topological polar surface area (TPSA) is 45.5 Å². The summed E-state index contributed by atoms with van der Waals surface area (Å²) in [7, 11) is 0. The van der Waals surface area contributed by atoms with Gasteiger partial charge in [-0.05, 0) is 17.9 Å². The Bertz CT molecular complexity index is 579. The Hall–Kier alpha value is -2.12. The summed E-state index contributed by atoms with van der Waals surface area (Å²) in [4.78, 5) is 4.18. The van der Waals surface area contributed by atoms with Crippen LogP contribution in [0.25, 0.3) is 0 Å². The number of aryl methyl sites for hydroxylation is 1. The highest BCUT2D eigenvalue weighted by Crippen LogP contribution is 2.07. The van der Waals surface area contributed by atoms with Crippen LogP contribution in [0.15, 0.2) is 40.9 Å². The van der Waals surface area contributed by atoms with Crippen molar-refractivity contribution in [1.82, 2.24) is 4.98 Å². The lowest BCUT2D eigenvalue weighted by Crippen LogP contribution is -1.82. The standard InChI is InChI=1S/C14H12N2OS/c17-15-10-13-11-18-14(16-13)9-5-4-8-12-6-2-1-3-7-12/h1-3,6-7,10-11,17H,4,8H2/b15-10+. The Morgan fingerprint density at radius 1 is 1.33 bits per heavy atom. The minimum absolute atomic E-state index is 0.634. The maximum Gasteiger partial charge on any atom is 0.167 e. The SMILES string of the molecule is O/N=C/c1csc(C#CCCc2ccccc2)n1. The van der Waals surface area contributed by atoms with Gasteiger partial charge in [-0.25, -0.2) is 4.98 Å². The fraction of sp³-hybridized carbons (Fsp3) is 0.143. The van der Waals surface area contributed by atoms with Crippen molar-refractivity contribution >= 4 is 17.6 Å². The molecular weight excluding hydrogens is 244 g/mol. The number of hydrogen-bond donors (Lipinski definition) is 1. The summed E-state index contributed by atoms with van der Waals surface area (Å²) in [5, 5.41) is 13.8. The Morgan fingerprint density at radius 3 is 2.94 bits per heavy atom. The second kappa shape index (κ2) is 6.58. The Labute approximate surface area is 110 Å². The second-order valence-corrected chi connectivity index (χ2v) is 4.47. The largest absolute Gasteiger partial charge is 0.411 e. The van der Waals surface area contributed by atoms with Gasteiger partial charge in [0.05, 0.1) is 11.9 Å². The quantitative estimate of drug-likeness (QED) is 0.397. The van der Waals surface area contributed by atoms with Gasteiger partial charge in [0.25, 0.3) is 0 Å². The molecule has 0 atom stereocenters. The number of thiazole rings is 1. The minimum atomic E-state index is 0.634. The van der Waals surface area contributed by atoms with Gasteiger partial charge in [-0.2, -0.15) is 0 Å². The highest BCUT2D eigenvalue weighted by Gasteiger charge is 1.95. The van der Waals surface area contributed by atoms with E-state index in [1.54, 1.807) is 5.38 Å². The van der Waals surface area contributed by atoms with Crippen LogP contribution in [0.5, 0.6) is 0 Å². The van der Waals surface area contributed by atoms with Gasteiger partial charge >= 0.3 is 0 Å². The lowest BCUT2D eigenvalue weighted by molar-refractivity contribution is 0.321. The molecule has 0 fully saturated rings. The summed E-state index contributed by atoms with van der Waals surface area (Å²) < 4.78 is 0. The molecule has 0 unspecified atom stereocenters. The van der Waals surface area contributed by atoms with Crippen molar-refractivity contribution in [3.8, 4) is 11.8 Å². The molecule has 2 aromatic rings. The summed E-state index contributed by atoms with van der Waals surface area (Å²) >= 11 is 1.45. The van der Waals surface area contributed by atoms with Gasteiger partial charge < -0.3 is 5.21 Å². The molecule has 4 heteroatoms. The van der Waals surface area contributed by atoms with E-state index in [1.807, 2.05) is 18.2 Å². The third kappa shape index (κ3) is 3.72. The molecule has 18 heavy (non-hydrogen) atoms. The average molecular weight is 256 g/mol. The van der Waals surface area contributed by atoms with Gasteiger partial charge in [0.15, 0.2) is 5.01 Å². The molecular formula is C14H12N2OS. The van der Waals surface area contributed by atoms with Crippen LogP contribution in [-0.4, -0.2) is 16.4 Å². The average Bonchev–Trinajstić information content (AvgIpc) is 2.84. The first-order valence-electron chi connectivity index (χ1n) is 5.54. The molecule has 0 radical (unpaired) electrons. The van der Waals surface area contributed by atoms with Crippen LogP contribution in [-0.2, 0) is 6.42 Å². The molecule has 2 rings (SSSR count). The summed E-state index contributed by atoms with van der Waals surface area (Å²) in [5.74, 6) is 6.10. The van der Waals surface area contributed by atoms with E-state index in [4.69, 9.17) is 5.21 Å². The normalized spacial score (nSPS) is 10.2. The van der Waals surface area contributed by atoms with E-state index < -0.39 is 0 Å². The van der Waals surface area contributed by atoms with E-state index >= 15 is 0 Å². The molecule has 0 saturated heterocycles. The minimum Gasteiger partial charge on any atom is -0.411 e. The van der Waals surface area contributed by atoms with E-state index in [9.17, 15) is 0 Å². The molecule has 1 N–H and O–H groups in total. The van der Waals surface area contributed by atoms with Crippen molar-refractivity contribution in [2.75, 3.05) is 0 Å². The zero-order chi connectivity index (χ0) is 12.6. The van der Waals surface area contributed by atoms with Crippen LogP contribution in [0.2, 0.25) is 0 Å². The van der Waals surface area contributed by atoms with Gasteiger partial charge in [-0.3, -0.25) is 0 Å². The van der Waals surface area contributed by atoms with Crippen LogP contribution in [0.3, 0.4) is 0 Å². The van der Waals surface area contributed by atoms with Gasteiger partial charge in [0, 0.05) is 11.8 Å². The zero-order valence-corrected chi connectivity index (χ0v) is 10.5. The number of oxime groups is 1. The lowest BCUT2D eigenvalue weighted by Gasteiger charge is -1.94. The van der Waals surface area contributed by atoms with E-state index in [0.717, 1.165) is 17.8 Å². The molecule has 0 aliphatic carbocycles. The zero-order valence-electron chi connectivity index (χ0n) is 9.71. The second-order valence-electron chi connectivity index (χ2n) is 3.61. The van der Waals surface area contributed by atoms with Crippen LogP contribution in [0.1, 0.15) is 22.7 Å². The number of benzene rings is 1. The fourth-order valence-electron chi connectivity index (χ4n) is 1.45. The Kier molecular flexibility index (Phi) is 4.51. The van der Waals surface area contributed by atoms with Gasteiger partial charge in [-0.15, -0.1) is 11.3 Å². The van der Waals surface area contributed by atoms with Crippen molar-refractivity contribution in [3.63, 3.8) is 0 Å². The number of hydrogen-bond acceptors (Lipinski definition) is 4. The van der Waals surface area contributed by atoms with E-state index in [2.05, 4.69) is 34.1 Å². The molecule has 0 bridgehead atoms. The first kappa shape index (κ1) is 12.3. The molecule has 3 nitrogen and oxygen atoms in total. The molecule has 0 saturated carbocycles. The smallest absolute Gasteiger partial charge is 0.167 e. The van der Waals surface area contributed by atoms with Gasteiger partial charge in [0.1, 0.15) is 0 Å². The number of aromatic nitrogens is 1. The van der Waals surface area contributed by atoms with Gasteiger partial charge in [-0.1, -0.05) is 41.4 Å². The number of rotatable bonds is 3. The molecule has 0 amide bonds. The molecule has 0 aliphatic rings. The summed E-state index contributed by atoms with van der Waals surface area (Å²) in [6.45, 7) is 0. The maximum atomic E-state index is 8.37. The van der Waals surface area contributed by atoms with Crippen LogP contribution >= 0.6 is 11.3 Å². The van der Waals surface area contributed by atoms with E-state index in [0.29, 0.717) is 5.69 Å². The maximum absolute atomic E-state index is 8.37. The molecule has 0 spiro atoms. The van der Waals surface area contributed by atoms with E-state index in [-0.39, 0.29) is 0 Å². The Morgan fingerprint density at radius 2 is 2.17 bits per heavy atom. The summed E-state index contributed by atoms with van der Waals surface area (Å²) in [6, 6.07) is 10.3.